The summed E-state index contributed by atoms with van der Waals surface area (Å²) < 4.78 is 2.47. The van der Waals surface area contributed by atoms with Crippen LogP contribution in [0.2, 0.25) is 0 Å². The molecule has 1 aliphatic rings. The summed E-state index contributed by atoms with van der Waals surface area (Å²) in [5, 5.41) is 20.9. The number of hydrogen-bond acceptors (Lipinski definition) is 4. The molecule has 104 valence electrons. The summed E-state index contributed by atoms with van der Waals surface area (Å²) in [6, 6.07) is 5.90. The maximum atomic E-state index is 11.3. The van der Waals surface area contributed by atoms with E-state index in [2.05, 4.69) is 31.5 Å². The van der Waals surface area contributed by atoms with E-state index in [0.717, 1.165) is 15.6 Å². The molecule has 0 radical (unpaired) electrons. The van der Waals surface area contributed by atoms with Crippen molar-refractivity contribution in [1.29, 1.82) is 0 Å². The number of carbonyl (C=O) groups is 1. The summed E-state index contributed by atoms with van der Waals surface area (Å²) in [4.78, 5) is 11.3. The molecule has 3 rings (SSSR count). The second-order valence-corrected chi connectivity index (χ2v) is 6.08. The van der Waals surface area contributed by atoms with Crippen molar-refractivity contribution in [2.45, 2.75) is 26.3 Å². The number of halogens is 1. The van der Waals surface area contributed by atoms with Gasteiger partial charge in [-0.25, -0.2) is 4.68 Å². The number of benzene rings is 1. The predicted molar refractivity (Wildman–Crippen MR) is 75.0 cm³/mol. The van der Waals surface area contributed by atoms with Gasteiger partial charge in [0.1, 0.15) is 0 Å². The molecule has 0 aliphatic heterocycles. The molecular formula is C13H13BrN4O2. The number of tetrazole rings is 1. The van der Waals surface area contributed by atoms with Crippen molar-refractivity contribution in [3.63, 3.8) is 0 Å². The van der Waals surface area contributed by atoms with E-state index in [1.54, 1.807) is 4.68 Å². The molecule has 1 aliphatic carbocycles. The topological polar surface area (TPSA) is 80.9 Å². The zero-order chi connectivity index (χ0) is 14.3. The van der Waals surface area contributed by atoms with Gasteiger partial charge in [-0.2, -0.15) is 0 Å². The van der Waals surface area contributed by atoms with Gasteiger partial charge >= 0.3 is 5.97 Å². The number of carboxylic acid groups (broad SMARTS) is 1. The lowest BCUT2D eigenvalue weighted by Crippen LogP contribution is -2.22. The molecule has 1 aromatic carbocycles. The Morgan fingerprint density at radius 2 is 2.25 bits per heavy atom. The van der Waals surface area contributed by atoms with Gasteiger partial charge in [0, 0.05) is 10.0 Å². The van der Waals surface area contributed by atoms with E-state index < -0.39 is 11.4 Å². The van der Waals surface area contributed by atoms with Gasteiger partial charge in [-0.3, -0.25) is 4.79 Å². The highest BCUT2D eigenvalue weighted by Gasteiger charge is 2.51. The van der Waals surface area contributed by atoms with Crippen molar-refractivity contribution in [1.82, 2.24) is 20.2 Å². The van der Waals surface area contributed by atoms with E-state index in [9.17, 15) is 9.90 Å². The van der Waals surface area contributed by atoms with Crippen LogP contribution < -0.4 is 0 Å². The molecule has 1 heterocycles. The lowest BCUT2D eigenvalue weighted by atomic mass is 10.1. The zero-order valence-corrected chi connectivity index (χ0v) is 12.5. The Hall–Kier alpha value is -1.76. The molecular weight excluding hydrogens is 324 g/mol. The molecule has 1 saturated carbocycles. The molecule has 0 atom stereocenters. The van der Waals surface area contributed by atoms with Crippen LogP contribution >= 0.6 is 15.9 Å². The maximum absolute atomic E-state index is 11.3. The van der Waals surface area contributed by atoms with Crippen molar-refractivity contribution in [3.8, 4) is 11.4 Å². The van der Waals surface area contributed by atoms with Crippen molar-refractivity contribution < 1.29 is 9.90 Å². The third-order valence-electron chi connectivity index (χ3n) is 3.65. The van der Waals surface area contributed by atoms with Gasteiger partial charge in [0.05, 0.1) is 12.0 Å². The van der Waals surface area contributed by atoms with Crippen LogP contribution in [0.15, 0.2) is 22.7 Å². The highest BCUT2D eigenvalue weighted by Crippen LogP contribution is 2.47. The second-order valence-electron chi connectivity index (χ2n) is 5.23. The normalized spacial score (nSPS) is 16.1. The molecule has 20 heavy (non-hydrogen) atoms. The van der Waals surface area contributed by atoms with Crippen LogP contribution in [0, 0.1) is 12.3 Å². The summed E-state index contributed by atoms with van der Waals surface area (Å²) in [6.07, 6.45) is 1.35. The molecule has 0 spiro atoms. The zero-order valence-electron chi connectivity index (χ0n) is 10.9. The molecule has 6 nitrogen and oxygen atoms in total. The van der Waals surface area contributed by atoms with E-state index in [1.807, 2.05) is 25.1 Å². The Bertz CT molecular complexity index is 679. The van der Waals surface area contributed by atoms with Crippen molar-refractivity contribution in [2.75, 3.05) is 0 Å². The summed E-state index contributed by atoms with van der Waals surface area (Å²) in [6.45, 7) is 2.30. The molecule has 1 N–H and O–H groups in total. The van der Waals surface area contributed by atoms with Crippen LogP contribution in [0.4, 0.5) is 0 Å². The van der Waals surface area contributed by atoms with Gasteiger partial charge in [-0.15, -0.1) is 5.10 Å². The van der Waals surface area contributed by atoms with E-state index in [0.29, 0.717) is 25.2 Å². The van der Waals surface area contributed by atoms with Gasteiger partial charge in [0.15, 0.2) is 5.82 Å². The third-order valence-corrected chi connectivity index (χ3v) is 4.35. The van der Waals surface area contributed by atoms with E-state index in [4.69, 9.17) is 0 Å². The fraction of sp³-hybridized carbons (Fsp3) is 0.385. The smallest absolute Gasteiger partial charge is 0.311 e. The first-order valence-corrected chi connectivity index (χ1v) is 7.07. The first-order chi connectivity index (χ1) is 9.52. The van der Waals surface area contributed by atoms with Gasteiger partial charge in [0.2, 0.25) is 0 Å². The summed E-state index contributed by atoms with van der Waals surface area (Å²) >= 11 is 3.49. The fourth-order valence-corrected chi connectivity index (χ4v) is 2.62. The molecule has 1 fully saturated rings. The van der Waals surface area contributed by atoms with Crippen molar-refractivity contribution >= 4 is 21.9 Å². The first-order valence-electron chi connectivity index (χ1n) is 6.28. The number of nitrogens with zero attached hydrogens (tertiary/aromatic N) is 4. The molecule has 0 unspecified atom stereocenters. The SMILES string of the molecule is Cc1ccc(Br)c(-c2nnnn2CC2(C(=O)O)CC2)c1. The van der Waals surface area contributed by atoms with Crippen molar-refractivity contribution in [2.24, 2.45) is 5.41 Å². The lowest BCUT2D eigenvalue weighted by Gasteiger charge is -2.11. The summed E-state index contributed by atoms with van der Waals surface area (Å²) in [5.74, 6) is -0.185. The Morgan fingerprint density at radius 1 is 1.50 bits per heavy atom. The minimum absolute atomic E-state index is 0.311. The predicted octanol–water partition coefficient (Wildman–Crippen LogP) is 2.28. The third kappa shape index (κ3) is 2.22. The standard InChI is InChI=1S/C13H13BrN4O2/c1-8-2-3-10(14)9(6-8)11-15-16-17-18(11)7-13(4-5-13)12(19)20/h2-3,6H,4-5,7H2,1H3,(H,19,20). The number of rotatable bonds is 4. The number of hydrogen-bond donors (Lipinski definition) is 1. The van der Waals surface area contributed by atoms with Crippen molar-refractivity contribution in [3.05, 3.63) is 28.2 Å². The number of aliphatic carboxylic acids is 1. The number of aryl methyl sites for hydroxylation is 1. The highest BCUT2D eigenvalue weighted by molar-refractivity contribution is 9.10. The second kappa shape index (κ2) is 4.66. The largest absolute Gasteiger partial charge is 0.481 e. The highest BCUT2D eigenvalue weighted by atomic mass is 79.9. The van der Waals surface area contributed by atoms with Crippen LogP contribution in [0.25, 0.3) is 11.4 Å². The summed E-state index contributed by atoms with van der Waals surface area (Å²) in [7, 11) is 0. The Balaban J connectivity index is 1.98. The average molecular weight is 337 g/mol. The quantitative estimate of drug-likeness (QED) is 0.926. The molecule has 0 bridgehead atoms. The molecule has 0 amide bonds. The van der Waals surface area contributed by atoms with E-state index >= 15 is 0 Å². The van der Waals surface area contributed by atoms with Gasteiger partial charge in [0.25, 0.3) is 0 Å². The summed E-state index contributed by atoms with van der Waals surface area (Å²) in [5.41, 5.74) is 1.27. The molecule has 1 aromatic heterocycles. The van der Waals surface area contributed by atoms with E-state index in [1.165, 1.54) is 0 Å². The fourth-order valence-electron chi connectivity index (χ4n) is 2.19. The van der Waals surface area contributed by atoms with E-state index in [-0.39, 0.29) is 0 Å². The van der Waals surface area contributed by atoms with Gasteiger partial charge < -0.3 is 5.11 Å². The molecule has 7 heteroatoms. The molecule has 2 aromatic rings. The minimum atomic E-state index is -0.776. The lowest BCUT2D eigenvalue weighted by molar-refractivity contribution is -0.144. The van der Waals surface area contributed by atoms with Crippen LogP contribution in [-0.4, -0.2) is 31.3 Å². The Morgan fingerprint density at radius 3 is 2.90 bits per heavy atom. The van der Waals surface area contributed by atoms with Crippen LogP contribution in [0.5, 0.6) is 0 Å². The van der Waals surface area contributed by atoms with Gasteiger partial charge in [-0.05, 0) is 42.3 Å². The minimum Gasteiger partial charge on any atom is -0.481 e. The Kier molecular flexibility index (Phi) is 3.08. The number of carboxylic acids is 1. The Labute approximate surface area is 123 Å². The van der Waals surface area contributed by atoms with Crippen LogP contribution in [0.1, 0.15) is 18.4 Å². The monoisotopic (exact) mass is 336 g/mol. The maximum Gasteiger partial charge on any atom is 0.311 e. The molecule has 0 saturated heterocycles. The van der Waals surface area contributed by atoms with Gasteiger partial charge in [-0.1, -0.05) is 27.6 Å². The van der Waals surface area contributed by atoms with Crippen LogP contribution in [0.3, 0.4) is 0 Å². The number of aromatic nitrogens is 4. The average Bonchev–Trinajstić information content (AvgIpc) is 3.05. The first kappa shape index (κ1) is 13.2. The van der Waals surface area contributed by atoms with Crippen LogP contribution in [-0.2, 0) is 11.3 Å².